The van der Waals surface area contributed by atoms with E-state index in [1.807, 2.05) is 0 Å². The molecule has 1 aliphatic rings. The molecule has 0 spiro atoms. The van der Waals surface area contributed by atoms with E-state index in [1.54, 1.807) is 0 Å². The summed E-state index contributed by atoms with van der Waals surface area (Å²) in [6, 6.07) is 0.0989. The molecule has 1 saturated carbocycles. The van der Waals surface area contributed by atoms with Gasteiger partial charge in [0.15, 0.2) is 0 Å². The fourth-order valence-electron chi connectivity index (χ4n) is 2.49. The van der Waals surface area contributed by atoms with Crippen molar-refractivity contribution in [1.82, 2.24) is 10.2 Å². The number of nitrogens with zero attached hydrogens (tertiary/aromatic N) is 1. The molecule has 0 saturated heterocycles. The first kappa shape index (κ1) is 17.2. The standard InChI is InChI=1S/C13H23F3N2O2/c14-13(15,16)10-18(7-4-8-19)9-12(20)17-11-5-2-1-3-6-11/h11,19H,1-10H2,(H,17,20). The maximum Gasteiger partial charge on any atom is 0.401 e. The van der Waals surface area contributed by atoms with E-state index in [4.69, 9.17) is 5.11 Å². The lowest BCUT2D eigenvalue weighted by Gasteiger charge is -2.26. The molecule has 20 heavy (non-hydrogen) atoms. The summed E-state index contributed by atoms with van der Waals surface area (Å²) in [6.45, 7) is -1.51. The molecular formula is C13H23F3N2O2. The average molecular weight is 296 g/mol. The van der Waals surface area contributed by atoms with E-state index in [1.165, 1.54) is 0 Å². The van der Waals surface area contributed by atoms with Gasteiger partial charge < -0.3 is 10.4 Å². The molecule has 0 aromatic carbocycles. The highest BCUT2D eigenvalue weighted by Crippen LogP contribution is 2.18. The van der Waals surface area contributed by atoms with E-state index < -0.39 is 12.7 Å². The number of amides is 1. The summed E-state index contributed by atoms with van der Waals surface area (Å²) in [6.07, 6.45) is 0.975. The van der Waals surface area contributed by atoms with Crippen molar-refractivity contribution in [3.05, 3.63) is 0 Å². The number of carbonyl (C=O) groups is 1. The van der Waals surface area contributed by atoms with Crippen LogP contribution in [0.25, 0.3) is 0 Å². The van der Waals surface area contributed by atoms with Crippen molar-refractivity contribution in [2.75, 3.05) is 26.2 Å². The van der Waals surface area contributed by atoms with Crippen LogP contribution in [0.15, 0.2) is 0 Å². The molecule has 0 aliphatic heterocycles. The zero-order valence-corrected chi connectivity index (χ0v) is 11.6. The highest BCUT2D eigenvalue weighted by molar-refractivity contribution is 5.78. The van der Waals surface area contributed by atoms with Gasteiger partial charge in [-0.15, -0.1) is 0 Å². The molecule has 0 aromatic rings. The van der Waals surface area contributed by atoms with Gasteiger partial charge in [-0.05, 0) is 19.3 Å². The first-order valence-corrected chi connectivity index (χ1v) is 7.10. The van der Waals surface area contributed by atoms with Gasteiger partial charge in [-0.1, -0.05) is 19.3 Å². The molecule has 0 aromatic heterocycles. The second kappa shape index (κ2) is 8.46. The van der Waals surface area contributed by atoms with E-state index in [0.717, 1.165) is 37.0 Å². The molecule has 1 rings (SSSR count). The third-order valence-electron chi connectivity index (χ3n) is 3.37. The summed E-state index contributed by atoms with van der Waals surface area (Å²) >= 11 is 0. The van der Waals surface area contributed by atoms with Crippen LogP contribution >= 0.6 is 0 Å². The second-order valence-corrected chi connectivity index (χ2v) is 5.31. The number of hydrogen-bond acceptors (Lipinski definition) is 3. The van der Waals surface area contributed by atoms with Gasteiger partial charge in [0.05, 0.1) is 13.1 Å². The van der Waals surface area contributed by atoms with Crippen LogP contribution in [0, 0.1) is 0 Å². The zero-order valence-electron chi connectivity index (χ0n) is 11.6. The van der Waals surface area contributed by atoms with Crippen LogP contribution in [0.3, 0.4) is 0 Å². The first-order chi connectivity index (χ1) is 9.40. The molecule has 0 radical (unpaired) electrons. The SMILES string of the molecule is O=C(CN(CCCO)CC(F)(F)F)NC1CCCCC1. The Balaban J connectivity index is 2.39. The lowest BCUT2D eigenvalue weighted by atomic mass is 9.95. The molecular weight excluding hydrogens is 273 g/mol. The maximum absolute atomic E-state index is 12.4. The van der Waals surface area contributed by atoms with E-state index in [0.29, 0.717) is 0 Å². The minimum absolute atomic E-state index is 0.0636. The summed E-state index contributed by atoms with van der Waals surface area (Å²) in [5.74, 6) is -0.362. The number of nitrogens with one attached hydrogen (secondary N) is 1. The molecule has 2 N–H and O–H groups in total. The highest BCUT2D eigenvalue weighted by Gasteiger charge is 2.31. The minimum Gasteiger partial charge on any atom is -0.396 e. The van der Waals surface area contributed by atoms with E-state index in [9.17, 15) is 18.0 Å². The monoisotopic (exact) mass is 296 g/mol. The third-order valence-corrected chi connectivity index (χ3v) is 3.37. The van der Waals surface area contributed by atoms with Crippen LogP contribution in [0.1, 0.15) is 38.5 Å². The molecule has 1 fully saturated rings. The molecule has 0 bridgehead atoms. The van der Waals surface area contributed by atoms with Gasteiger partial charge in [-0.2, -0.15) is 13.2 Å². The Bertz CT molecular complexity index is 292. The van der Waals surface area contributed by atoms with Crippen molar-refractivity contribution in [1.29, 1.82) is 0 Å². The molecule has 7 heteroatoms. The lowest BCUT2D eigenvalue weighted by molar-refractivity contribution is -0.149. The van der Waals surface area contributed by atoms with Crippen molar-refractivity contribution in [3.63, 3.8) is 0 Å². The van der Waals surface area contributed by atoms with Crippen LogP contribution in [0.2, 0.25) is 0 Å². The number of hydrogen-bond donors (Lipinski definition) is 2. The number of carbonyl (C=O) groups excluding carboxylic acids is 1. The van der Waals surface area contributed by atoms with Gasteiger partial charge in [0.1, 0.15) is 0 Å². The summed E-state index contributed by atoms with van der Waals surface area (Å²) < 4.78 is 37.2. The van der Waals surface area contributed by atoms with Crippen molar-refractivity contribution >= 4 is 5.91 Å². The largest absolute Gasteiger partial charge is 0.401 e. The zero-order chi connectivity index (χ0) is 15.0. The number of halogens is 3. The number of rotatable bonds is 7. The van der Waals surface area contributed by atoms with Gasteiger partial charge in [-0.3, -0.25) is 9.69 Å². The molecule has 118 valence electrons. The van der Waals surface area contributed by atoms with Gasteiger partial charge in [-0.25, -0.2) is 0 Å². The van der Waals surface area contributed by atoms with Crippen molar-refractivity contribution in [3.8, 4) is 0 Å². The van der Waals surface area contributed by atoms with Crippen molar-refractivity contribution in [2.24, 2.45) is 0 Å². The topological polar surface area (TPSA) is 52.6 Å². The van der Waals surface area contributed by atoms with Crippen LogP contribution in [0.5, 0.6) is 0 Å². The number of aliphatic hydroxyl groups excluding tert-OH is 1. The fourth-order valence-corrected chi connectivity index (χ4v) is 2.49. The van der Waals surface area contributed by atoms with Crippen molar-refractivity contribution in [2.45, 2.75) is 50.7 Å². The summed E-state index contributed by atoms with van der Waals surface area (Å²) in [4.78, 5) is 12.8. The van der Waals surface area contributed by atoms with Crippen LogP contribution in [0.4, 0.5) is 13.2 Å². The number of aliphatic hydroxyl groups is 1. The van der Waals surface area contributed by atoms with Gasteiger partial charge in [0.25, 0.3) is 0 Å². The quantitative estimate of drug-likeness (QED) is 0.751. The Morgan fingerprint density at radius 2 is 1.90 bits per heavy atom. The Hall–Kier alpha value is -0.820. The molecule has 0 unspecified atom stereocenters. The van der Waals surface area contributed by atoms with Crippen LogP contribution in [-0.2, 0) is 4.79 Å². The average Bonchev–Trinajstić information content (AvgIpc) is 2.35. The second-order valence-electron chi connectivity index (χ2n) is 5.31. The van der Waals surface area contributed by atoms with Gasteiger partial charge >= 0.3 is 6.18 Å². The van der Waals surface area contributed by atoms with E-state index >= 15 is 0 Å². The Morgan fingerprint density at radius 1 is 1.25 bits per heavy atom. The normalized spacial score (nSPS) is 17.4. The number of alkyl halides is 3. The fraction of sp³-hybridized carbons (Fsp3) is 0.923. The Kier molecular flexibility index (Phi) is 7.29. The van der Waals surface area contributed by atoms with Crippen molar-refractivity contribution < 1.29 is 23.1 Å². The lowest BCUT2D eigenvalue weighted by Crippen LogP contribution is -2.45. The predicted octanol–water partition coefficient (Wildman–Crippen LogP) is 1.68. The summed E-state index contributed by atoms with van der Waals surface area (Å²) in [5.41, 5.74) is 0. The van der Waals surface area contributed by atoms with E-state index in [2.05, 4.69) is 5.32 Å². The Morgan fingerprint density at radius 3 is 2.45 bits per heavy atom. The predicted molar refractivity (Wildman–Crippen MR) is 69.2 cm³/mol. The summed E-state index contributed by atoms with van der Waals surface area (Å²) in [7, 11) is 0. The van der Waals surface area contributed by atoms with Gasteiger partial charge in [0.2, 0.25) is 5.91 Å². The smallest absolute Gasteiger partial charge is 0.396 e. The highest BCUT2D eigenvalue weighted by atomic mass is 19.4. The molecule has 0 atom stereocenters. The molecule has 1 aliphatic carbocycles. The molecule has 0 heterocycles. The van der Waals surface area contributed by atoms with Crippen LogP contribution < -0.4 is 5.32 Å². The third kappa shape index (κ3) is 7.69. The van der Waals surface area contributed by atoms with E-state index in [-0.39, 0.29) is 38.1 Å². The van der Waals surface area contributed by atoms with Crippen LogP contribution in [-0.4, -0.2) is 54.4 Å². The molecule has 4 nitrogen and oxygen atoms in total. The first-order valence-electron chi connectivity index (χ1n) is 7.10. The Labute approximate surface area is 117 Å². The minimum atomic E-state index is -4.33. The summed E-state index contributed by atoms with van der Waals surface area (Å²) in [5, 5.41) is 11.5. The van der Waals surface area contributed by atoms with Gasteiger partial charge in [0, 0.05) is 19.2 Å². The molecule has 1 amide bonds. The maximum atomic E-state index is 12.4.